The van der Waals surface area contributed by atoms with Gasteiger partial charge in [-0.2, -0.15) is 0 Å². The number of fused-ring (bicyclic) bond motifs is 3. The topological polar surface area (TPSA) is 111 Å². The molecule has 3 aliphatic heterocycles. The van der Waals surface area contributed by atoms with Crippen molar-refractivity contribution in [1.82, 2.24) is 19.9 Å². The van der Waals surface area contributed by atoms with Gasteiger partial charge in [0.25, 0.3) is 11.5 Å². The van der Waals surface area contributed by atoms with Gasteiger partial charge in [-0.15, -0.1) is 5.48 Å². The van der Waals surface area contributed by atoms with E-state index in [1.165, 1.54) is 13.5 Å². The molecule has 1 aromatic heterocycles. The summed E-state index contributed by atoms with van der Waals surface area (Å²) in [5, 5.41) is 0.582. The van der Waals surface area contributed by atoms with E-state index in [0.717, 1.165) is 56.6 Å². The normalized spacial score (nSPS) is 17.0. The van der Waals surface area contributed by atoms with Crippen molar-refractivity contribution in [2.24, 2.45) is 4.99 Å². The van der Waals surface area contributed by atoms with Crippen molar-refractivity contribution in [1.29, 1.82) is 0 Å². The fourth-order valence-electron chi connectivity index (χ4n) is 7.04. The molecule has 11 heteroatoms. The van der Waals surface area contributed by atoms with Crippen molar-refractivity contribution in [3.63, 3.8) is 0 Å². The Bertz CT molecular complexity index is 2130. The second-order valence-electron chi connectivity index (χ2n) is 12.7. The number of hydroxylamine groups is 1. The summed E-state index contributed by atoms with van der Waals surface area (Å²) in [6.45, 7) is 2.72. The highest BCUT2D eigenvalue weighted by molar-refractivity contribution is 6.03. The molecule has 1 N–H and O–H groups in total. The Morgan fingerprint density at radius 1 is 0.840 bits per heavy atom. The molecule has 50 heavy (non-hydrogen) atoms. The Hall–Kier alpha value is -5.68. The number of rotatable bonds is 9. The monoisotopic (exact) mass is 670 g/mol. The molecule has 1 amide bonds. The lowest BCUT2D eigenvalue weighted by Crippen LogP contribution is -2.35. The summed E-state index contributed by atoms with van der Waals surface area (Å²) in [5.41, 5.74) is 6.96. The van der Waals surface area contributed by atoms with Crippen LogP contribution in [0, 0.1) is 0 Å². The first kappa shape index (κ1) is 31.6. The Morgan fingerprint density at radius 3 is 2.44 bits per heavy atom. The summed E-state index contributed by atoms with van der Waals surface area (Å²) in [6, 6.07) is 26.5. The number of hydrogen-bond acceptors (Lipinski definition) is 9. The summed E-state index contributed by atoms with van der Waals surface area (Å²) >= 11 is 0. The third-order valence-corrected chi connectivity index (χ3v) is 9.64. The number of methoxy groups -OCH3 is 1. The first-order valence-corrected chi connectivity index (χ1v) is 17.1. The molecule has 254 valence electrons. The molecule has 1 atom stereocenters. The van der Waals surface area contributed by atoms with E-state index in [1.54, 1.807) is 16.7 Å². The Balaban J connectivity index is 1.01. The van der Waals surface area contributed by atoms with E-state index in [9.17, 15) is 9.59 Å². The predicted octanol–water partition coefficient (Wildman–Crippen LogP) is 6.29. The Kier molecular flexibility index (Phi) is 8.64. The number of benzene rings is 4. The lowest BCUT2D eigenvalue weighted by Gasteiger charge is -2.29. The van der Waals surface area contributed by atoms with Crippen LogP contribution < -0.4 is 30.3 Å². The van der Waals surface area contributed by atoms with Gasteiger partial charge in [0.15, 0.2) is 18.2 Å². The van der Waals surface area contributed by atoms with E-state index < -0.39 is 0 Å². The molecule has 0 aliphatic carbocycles. The molecule has 0 spiro atoms. The number of piperidine rings is 1. The van der Waals surface area contributed by atoms with Gasteiger partial charge in [0, 0.05) is 43.2 Å². The number of carbonyl (C=O) groups excluding carboxylic acids is 1. The summed E-state index contributed by atoms with van der Waals surface area (Å²) in [6.07, 6.45) is 7.27. The standard InChI is InChI=1S/C39H38N6O5/c1-48-35-22-32-34(40-24-29-11-8-20-44(29)38(32)46)23-36(35)50-41-25-49-30-15-12-27(13-16-30)45-37(26-9-4-2-5-10-26)42-33-17-14-28(21-31(33)39(45)47)43-18-6-3-7-19-43/h2,4-5,9-10,12-17,21-24,29,41H,3,6-8,11,18-20,25H2,1H3. The van der Waals surface area contributed by atoms with Crippen LogP contribution in [0.5, 0.6) is 17.2 Å². The zero-order valence-electron chi connectivity index (χ0n) is 27.9. The number of amides is 1. The van der Waals surface area contributed by atoms with E-state index in [4.69, 9.17) is 19.3 Å². The highest BCUT2D eigenvalue weighted by atomic mass is 16.7. The van der Waals surface area contributed by atoms with E-state index in [-0.39, 0.29) is 24.2 Å². The van der Waals surface area contributed by atoms with E-state index in [1.807, 2.05) is 77.8 Å². The molecule has 0 bridgehead atoms. The van der Waals surface area contributed by atoms with Crippen LogP contribution in [0.25, 0.3) is 28.0 Å². The summed E-state index contributed by atoms with van der Waals surface area (Å²) in [4.78, 5) is 47.0. The highest BCUT2D eigenvalue weighted by Gasteiger charge is 2.32. The predicted molar refractivity (Wildman–Crippen MR) is 193 cm³/mol. The molecule has 11 nitrogen and oxygen atoms in total. The number of ether oxygens (including phenoxy) is 2. The number of nitrogens with zero attached hydrogens (tertiary/aromatic N) is 5. The van der Waals surface area contributed by atoms with Gasteiger partial charge in [-0.25, -0.2) is 4.98 Å². The molecule has 4 aromatic carbocycles. The summed E-state index contributed by atoms with van der Waals surface area (Å²) in [7, 11) is 1.53. The minimum Gasteiger partial charge on any atom is -0.493 e. The maximum Gasteiger partial charge on any atom is 0.266 e. The maximum atomic E-state index is 14.2. The lowest BCUT2D eigenvalue weighted by atomic mass is 10.1. The minimum atomic E-state index is -0.127. The SMILES string of the molecule is COc1cc2c(cc1ONCOc1ccc(-n3c(-c4ccccc4)nc4ccc(N5CCCCC5)cc4c3=O)cc1)N=CC1CCCN1C2=O. The molecule has 4 heterocycles. The van der Waals surface area contributed by atoms with Crippen LogP contribution in [0.4, 0.5) is 11.4 Å². The average molecular weight is 671 g/mol. The smallest absolute Gasteiger partial charge is 0.266 e. The van der Waals surface area contributed by atoms with Crippen LogP contribution >= 0.6 is 0 Å². The van der Waals surface area contributed by atoms with Crippen molar-refractivity contribution < 1.29 is 19.1 Å². The number of nitrogens with one attached hydrogen (secondary N) is 1. The number of anilines is 1. The molecular formula is C39H38N6O5. The molecule has 0 saturated carbocycles. The minimum absolute atomic E-state index is 0.0153. The molecule has 0 radical (unpaired) electrons. The van der Waals surface area contributed by atoms with Crippen molar-refractivity contribution in [3.05, 3.63) is 101 Å². The van der Waals surface area contributed by atoms with E-state index in [2.05, 4.69) is 21.4 Å². The summed E-state index contributed by atoms with van der Waals surface area (Å²) < 4.78 is 13.1. The third kappa shape index (κ3) is 6.05. The molecule has 5 aromatic rings. The number of aliphatic imine (C=N–C) groups is 1. The highest BCUT2D eigenvalue weighted by Crippen LogP contribution is 2.38. The van der Waals surface area contributed by atoms with Gasteiger partial charge >= 0.3 is 0 Å². The van der Waals surface area contributed by atoms with Gasteiger partial charge in [0.1, 0.15) is 11.6 Å². The lowest BCUT2D eigenvalue weighted by molar-refractivity contribution is 0.0774. The number of aromatic nitrogens is 2. The fourth-order valence-corrected chi connectivity index (χ4v) is 7.04. The maximum absolute atomic E-state index is 14.2. The second-order valence-corrected chi connectivity index (χ2v) is 12.7. The van der Waals surface area contributed by atoms with Crippen LogP contribution in [-0.2, 0) is 0 Å². The van der Waals surface area contributed by atoms with Gasteiger partial charge in [-0.3, -0.25) is 19.1 Å². The van der Waals surface area contributed by atoms with Crippen LogP contribution in [0.1, 0.15) is 42.5 Å². The van der Waals surface area contributed by atoms with Crippen LogP contribution in [0.3, 0.4) is 0 Å². The molecule has 8 rings (SSSR count). The first-order chi connectivity index (χ1) is 24.6. The number of carbonyl (C=O) groups is 1. The van der Waals surface area contributed by atoms with Gasteiger partial charge in [0.2, 0.25) is 0 Å². The quantitative estimate of drug-likeness (QED) is 0.111. The largest absolute Gasteiger partial charge is 0.493 e. The van der Waals surface area contributed by atoms with Gasteiger partial charge in [-0.1, -0.05) is 30.3 Å². The molecular weight excluding hydrogens is 632 g/mol. The number of hydrogen-bond donors (Lipinski definition) is 1. The zero-order chi connectivity index (χ0) is 34.0. The van der Waals surface area contributed by atoms with Crippen molar-refractivity contribution in [2.45, 2.75) is 38.1 Å². The van der Waals surface area contributed by atoms with E-state index in [0.29, 0.717) is 50.9 Å². The average Bonchev–Trinajstić information content (AvgIpc) is 3.60. The van der Waals surface area contributed by atoms with Crippen molar-refractivity contribution in [3.8, 4) is 34.3 Å². The molecule has 2 fully saturated rings. The second kappa shape index (κ2) is 13.7. The van der Waals surface area contributed by atoms with Crippen molar-refractivity contribution in [2.75, 3.05) is 38.4 Å². The first-order valence-electron chi connectivity index (χ1n) is 17.1. The molecule has 1 unspecified atom stereocenters. The van der Waals surface area contributed by atoms with E-state index >= 15 is 0 Å². The Labute approximate surface area is 289 Å². The third-order valence-electron chi connectivity index (χ3n) is 9.64. The van der Waals surface area contributed by atoms with Gasteiger partial charge in [0.05, 0.1) is 41.0 Å². The zero-order valence-corrected chi connectivity index (χ0v) is 27.9. The van der Waals surface area contributed by atoms with Crippen LogP contribution in [0.15, 0.2) is 94.7 Å². The molecule has 2 saturated heterocycles. The van der Waals surface area contributed by atoms with Crippen molar-refractivity contribution >= 4 is 34.4 Å². The molecule has 3 aliphatic rings. The van der Waals surface area contributed by atoms with Gasteiger partial charge < -0.3 is 24.1 Å². The van der Waals surface area contributed by atoms with Gasteiger partial charge in [-0.05, 0) is 80.6 Å². The van der Waals surface area contributed by atoms with Crippen LogP contribution in [0.2, 0.25) is 0 Å². The fraction of sp³-hybridized carbons (Fsp3) is 0.282. The van der Waals surface area contributed by atoms with Crippen LogP contribution in [-0.4, -0.2) is 66.1 Å². The summed E-state index contributed by atoms with van der Waals surface area (Å²) in [5.74, 6) is 1.89. The Morgan fingerprint density at radius 2 is 1.64 bits per heavy atom.